The number of hydrogen-bond acceptors (Lipinski definition) is 4. The SMILES string of the molecule is CCc1nc([C@H](C)NC(=O)NC[C@H]2CCOC2)cs1. The average molecular weight is 283 g/mol. The molecule has 2 atom stereocenters. The molecule has 0 unspecified atom stereocenters. The van der Waals surface area contributed by atoms with E-state index >= 15 is 0 Å². The van der Waals surface area contributed by atoms with Gasteiger partial charge in [0.2, 0.25) is 0 Å². The minimum atomic E-state index is -0.134. The fraction of sp³-hybridized carbons (Fsp3) is 0.692. The van der Waals surface area contributed by atoms with Crippen LogP contribution < -0.4 is 10.6 Å². The smallest absolute Gasteiger partial charge is 0.315 e. The molecule has 0 bridgehead atoms. The molecule has 1 saturated heterocycles. The van der Waals surface area contributed by atoms with Crippen molar-refractivity contribution in [3.63, 3.8) is 0 Å². The van der Waals surface area contributed by atoms with E-state index in [0.717, 1.165) is 36.8 Å². The molecule has 1 aliphatic heterocycles. The Labute approximate surface area is 117 Å². The molecule has 19 heavy (non-hydrogen) atoms. The third-order valence-corrected chi connectivity index (χ3v) is 4.25. The van der Waals surface area contributed by atoms with Crippen molar-refractivity contribution in [3.05, 3.63) is 16.1 Å². The Hall–Kier alpha value is -1.14. The molecule has 0 spiro atoms. The van der Waals surface area contributed by atoms with Gasteiger partial charge in [-0.05, 0) is 19.8 Å². The number of urea groups is 1. The van der Waals surface area contributed by atoms with Crippen LogP contribution in [0, 0.1) is 5.92 Å². The first kappa shape index (κ1) is 14.3. The van der Waals surface area contributed by atoms with Crippen LogP contribution in [0.5, 0.6) is 0 Å². The summed E-state index contributed by atoms with van der Waals surface area (Å²) in [5.74, 6) is 0.451. The summed E-state index contributed by atoms with van der Waals surface area (Å²) in [4.78, 5) is 16.2. The van der Waals surface area contributed by atoms with E-state index in [1.165, 1.54) is 0 Å². The number of nitrogens with one attached hydrogen (secondary N) is 2. The van der Waals surface area contributed by atoms with Crippen molar-refractivity contribution in [2.45, 2.75) is 32.7 Å². The van der Waals surface area contributed by atoms with Crippen LogP contribution in [0.4, 0.5) is 4.79 Å². The minimum Gasteiger partial charge on any atom is -0.381 e. The summed E-state index contributed by atoms with van der Waals surface area (Å²) in [6.45, 7) is 6.27. The molecule has 0 saturated carbocycles. The number of nitrogens with zero attached hydrogens (tertiary/aromatic N) is 1. The second-order valence-electron chi connectivity index (χ2n) is 4.83. The molecule has 2 heterocycles. The topological polar surface area (TPSA) is 63.2 Å². The van der Waals surface area contributed by atoms with E-state index in [1.54, 1.807) is 11.3 Å². The van der Waals surface area contributed by atoms with E-state index in [2.05, 4.69) is 22.5 Å². The van der Waals surface area contributed by atoms with Crippen molar-refractivity contribution in [3.8, 4) is 0 Å². The molecule has 2 amide bonds. The van der Waals surface area contributed by atoms with Gasteiger partial charge in [0.25, 0.3) is 0 Å². The van der Waals surface area contributed by atoms with Gasteiger partial charge in [0, 0.05) is 24.4 Å². The Morgan fingerprint density at radius 3 is 3.16 bits per heavy atom. The molecule has 6 heteroatoms. The molecule has 5 nitrogen and oxygen atoms in total. The molecule has 2 rings (SSSR count). The van der Waals surface area contributed by atoms with Gasteiger partial charge in [-0.15, -0.1) is 11.3 Å². The van der Waals surface area contributed by atoms with Crippen LogP contribution in [0.1, 0.15) is 37.0 Å². The lowest BCUT2D eigenvalue weighted by molar-refractivity contribution is 0.185. The van der Waals surface area contributed by atoms with Crippen LogP contribution in [-0.4, -0.2) is 30.8 Å². The number of aromatic nitrogens is 1. The van der Waals surface area contributed by atoms with Crippen molar-refractivity contribution < 1.29 is 9.53 Å². The lowest BCUT2D eigenvalue weighted by Crippen LogP contribution is -2.39. The number of rotatable bonds is 5. The Kier molecular flexibility index (Phi) is 5.15. The molecule has 0 aromatic carbocycles. The molecule has 106 valence electrons. The summed E-state index contributed by atoms with van der Waals surface area (Å²) < 4.78 is 5.27. The molecular formula is C13H21N3O2S. The van der Waals surface area contributed by atoms with Crippen molar-refractivity contribution in [2.24, 2.45) is 5.92 Å². The summed E-state index contributed by atoms with van der Waals surface area (Å²) in [6, 6.07) is -0.193. The maximum atomic E-state index is 11.8. The first-order valence-electron chi connectivity index (χ1n) is 6.75. The number of aryl methyl sites for hydroxylation is 1. The standard InChI is InChI=1S/C13H21N3O2S/c1-3-12-16-11(8-19-12)9(2)15-13(17)14-6-10-4-5-18-7-10/h8-10H,3-7H2,1-2H3,(H2,14,15,17)/t9-,10+/m0/s1. The van der Waals surface area contributed by atoms with Crippen LogP contribution in [0.3, 0.4) is 0 Å². The van der Waals surface area contributed by atoms with E-state index in [9.17, 15) is 4.79 Å². The summed E-state index contributed by atoms with van der Waals surface area (Å²) in [5.41, 5.74) is 0.932. The predicted octanol–water partition coefficient (Wildman–Crippen LogP) is 2.10. The van der Waals surface area contributed by atoms with E-state index in [0.29, 0.717) is 12.5 Å². The zero-order chi connectivity index (χ0) is 13.7. The zero-order valence-corrected chi connectivity index (χ0v) is 12.3. The maximum Gasteiger partial charge on any atom is 0.315 e. The average Bonchev–Trinajstić information content (AvgIpc) is 3.07. The quantitative estimate of drug-likeness (QED) is 0.870. The van der Waals surface area contributed by atoms with Crippen LogP contribution in [-0.2, 0) is 11.2 Å². The molecule has 2 N–H and O–H groups in total. The third kappa shape index (κ3) is 4.18. The highest BCUT2D eigenvalue weighted by molar-refractivity contribution is 7.09. The fourth-order valence-electron chi connectivity index (χ4n) is 1.99. The molecule has 1 aromatic rings. The van der Waals surface area contributed by atoms with E-state index in [1.807, 2.05) is 12.3 Å². The van der Waals surface area contributed by atoms with Crippen molar-refractivity contribution in [2.75, 3.05) is 19.8 Å². The van der Waals surface area contributed by atoms with Crippen LogP contribution >= 0.6 is 11.3 Å². The van der Waals surface area contributed by atoms with Gasteiger partial charge in [-0.3, -0.25) is 0 Å². The lowest BCUT2D eigenvalue weighted by Gasteiger charge is -2.14. The first-order valence-corrected chi connectivity index (χ1v) is 7.63. The van der Waals surface area contributed by atoms with Gasteiger partial charge >= 0.3 is 6.03 Å². The van der Waals surface area contributed by atoms with Crippen molar-refractivity contribution >= 4 is 17.4 Å². The third-order valence-electron chi connectivity index (χ3n) is 3.24. The van der Waals surface area contributed by atoms with Crippen molar-refractivity contribution in [1.82, 2.24) is 15.6 Å². The highest BCUT2D eigenvalue weighted by atomic mass is 32.1. The number of amides is 2. The Bertz CT molecular complexity index is 416. The number of carbonyl (C=O) groups excluding carboxylic acids is 1. The molecule has 1 aliphatic rings. The molecule has 0 radical (unpaired) electrons. The molecule has 1 fully saturated rings. The van der Waals surface area contributed by atoms with Crippen molar-refractivity contribution in [1.29, 1.82) is 0 Å². The highest BCUT2D eigenvalue weighted by Crippen LogP contribution is 2.16. The maximum absolute atomic E-state index is 11.8. The van der Waals surface area contributed by atoms with Crippen LogP contribution in [0.15, 0.2) is 5.38 Å². The second-order valence-corrected chi connectivity index (χ2v) is 5.77. The van der Waals surface area contributed by atoms with Gasteiger partial charge < -0.3 is 15.4 Å². The predicted molar refractivity (Wildman–Crippen MR) is 75.4 cm³/mol. The second kappa shape index (κ2) is 6.86. The van der Waals surface area contributed by atoms with Gasteiger partial charge in [-0.25, -0.2) is 9.78 Å². The normalized spacial score (nSPS) is 20.2. The number of ether oxygens (including phenoxy) is 1. The van der Waals surface area contributed by atoms with Crippen LogP contribution in [0.25, 0.3) is 0 Å². The van der Waals surface area contributed by atoms with Gasteiger partial charge in [0.05, 0.1) is 23.4 Å². The van der Waals surface area contributed by atoms with E-state index in [-0.39, 0.29) is 12.1 Å². The minimum absolute atomic E-state index is 0.0589. The van der Waals surface area contributed by atoms with Gasteiger partial charge in [-0.1, -0.05) is 6.92 Å². The number of carbonyl (C=O) groups is 1. The zero-order valence-electron chi connectivity index (χ0n) is 11.4. The fourth-order valence-corrected chi connectivity index (χ4v) is 2.83. The Morgan fingerprint density at radius 2 is 2.53 bits per heavy atom. The summed E-state index contributed by atoms with van der Waals surface area (Å²) in [6.07, 6.45) is 1.97. The van der Waals surface area contributed by atoms with Gasteiger partial charge in [0.15, 0.2) is 0 Å². The summed E-state index contributed by atoms with van der Waals surface area (Å²) >= 11 is 1.64. The first-order chi connectivity index (χ1) is 9.19. The number of hydrogen-bond donors (Lipinski definition) is 2. The highest BCUT2D eigenvalue weighted by Gasteiger charge is 2.17. The molecule has 0 aliphatic carbocycles. The van der Waals surface area contributed by atoms with E-state index in [4.69, 9.17) is 4.74 Å². The molecule has 1 aromatic heterocycles. The van der Waals surface area contributed by atoms with Gasteiger partial charge in [-0.2, -0.15) is 0 Å². The summed E-state index contributed by atoms with van der Waals surface area (Å²) in [5, 5.41) is 8.91. The monoisotopic (exact) mass is 283 g/mol. The largest absolute Gasteiger partial charge is 0.381 e. The summed E-state index contributed by atoms with van der Waals surface area (Å²) in [7, 11) is 0. The van der Waals surface area contributed by atoms with E-state index < -0.39 is 0 Å². The van der Waals surface area contributed by atoms with Crippen LogP contribution in [0.2, 0.25) is 0 Å². The Morgan fingerprint density at radius 1 is 1.68 bits per heavy atom. The Balaban J connectivity index is 1.74. The molecular weight excluding hydrogens is 262 g/mol. The number of thiazole rings is 1. The lowest BCUT2D eigenvalue weighted by atomic mass is 10.1. The van der Waals surface area contributed by atoms with Gasteiger partial charge in [0.1, 0.15) is 0 Å².